The maximum Gasteiger partial charge on any atom is 0.353 e. The Morgan fingerprint density at radius 3 is 2.52 bits per heavy atom. The number of nitrogens with zero attached hydrogens (tertiary/aromatic N) is 4. The maximum atomic E-state index is 11.5. The van der Waals surface area contributed by atoms with E-state index in [0.717, 1.165) is 25.3 Å². The average Bonchev–Trinajstić information content (AvgIpc) is 2.63. The highest BCUT2D eigenvalue weighted by atomic mass is 16.6. The largest absolute Gasteiger partial charge is 0.363 e. The van der Waals surface area contributed by atoms with E-state index in [1.165, 1.54) is 25.6 Å². The number of benzene rings is 1. The van der Waals surface area contributed by atoms with E-state index < -0.39 is 4.92 Å². The summed E-state index contributed by atoms with van der Waals surface area (Å²) in [5.74, 6) is 0.433. The predicted molar refractivity (Wildman–Crippen MR) is 97.2 cm³/mol. The Bertz CT molecular complexity index is 704. The van der Waals surface area contributed by atoms with Gasteiger partial charge < -0.3 is 15.5 Å². The summed E-state index contributed by atoms with van der Waals surface area (Å²) in [5, 5.41) is 17.6. The van der Waals surface area contributed by atoms with Crippen molar-refractivity contribution in [3.05, 3.63) is 46.8 Å². The normalized spacial score (nSPS) is 14.9. The molecule has 1 aliphatic rings. The van der Waals surface area contributed by atoms with Crippen LogP contribution in [0.2, 0.25) is 0 Å². The lowest BCUT2D eigenvalue weighted by molar-refractivity contribution is -0.383. The SMILES string of the molecule is O=[N+]([O-])c1c(NCCN2CCCCC2)ncnc1Nc1ccccc1. The quantitative estimate of drug-likeness (QED) is 0.590. The number of hydrogen-bond donors (Lipinski definition) is 2. The van der Waals surface area contributed by atoms with Gasteiger partial charge in [0.25, 0.3) is 0 Å². The van der Waals surface area contributed by atoms with Gasteiger partial charge in [0.05, 0.1) is 4.92 Å². The second-order valence-corrected chi connectivity index (χ2v) is 6.00. The maximum absolute atomic E-state index is 11.5. The molecule has 1 fully saturated rings. The van der Waals surface area contributed by atoms with Crippen molar-refractivity contribution < 1.29 is 4.92 Å². The number of nitrogens with one attached hydrogen (secondary N) is 2. The summed E-state index contributed by atoms with van der Waals surface area (Å²) in [7, 11) is 0. The number of hydrogen-bond acceptors (Lipinski definition) is 7. The zero-order valence-corrected chi connectivity index (χ0v) is 14.0. The predicted octanol–water partition coefficient (Wildman–Crippen LogP) is 3.03. The zero-order valence-electron chi connectivity index (χ0n) is 14.0. The summed E-state index contributed by atoms with van der Waals surface area (Å²) in [4.78, 5) is 21.6. The molecule has 8 nitrogen and oxygen atoms in total. The first-order valence-corrected chi connectivity index (χ1v) is 8.52. The van der Waals surface area contributed by atoms with Gasteiger partial charge in [-0.3, -0.25) is 10.1 Å². The van der Waals surface area contributed by atoms with Gasteiger partial charge >= 0.3 is 5.69 Å². The molecule has 2 aromatic rings. The molecule has 0 radical (unpaired) electrons. The second-order valence-electron chi connectivity index (χ2n) is 6.00. The fourth-order valence-corrected chi connectivity index (χ4v) is 2.95. The first-order valence-electron chi connectivity index (χ1n) is 8.52. The summed E-state index contributed by atoms with van der Waals surface area (Å²) in [6, 6.07) is 9.25. The van der Waals surface area contributed by atoms with E-state index >= 15 is 0 Å². The van der Waals surface area contributed by atoms with Crippen LogP contribution in [-0.2, 0) is 0 Å². The Labute approximate surface area is 146 Å². The third kappa shape index (κ3) is 4.63. The Morgan fingerprint density at radius 1 is 1.08 bits per heavy atom. The van der Waals surface area contributed by atoms with Crippen molar-refractivity contribution in [1.82, 2.24) is 14.9 Å². The number of anilines is 3. The third-order valence-corrected chi connectivity index (χ3v) is 4.21. The molecule has 1 aromatic heterocycles. The minimum atomic E-state index is -0.450. The van der Waals surface area contributed by atoms with Crippen molar-refractivity contribution in [1.29, 1.82) is 0 Å². The highest BCUT2D eigenvalue weighted by Crippen LogP contribution is 2.30. The number of para-hydroxylation sites is 1. The lowest BCUT2D eigenvalue weighted by Crippen LogP contribution is -2.33. The van der Waals surface area contributed by atoms with Crippen molar-refractivity contribution in [2.24, 2.45) is 0 Å². The number of likely N-dealkylation sites (tertiary alicyclic amines) is 1. The first kappa shape index (κ1) is 17.1. The highest BCUT2D eigenvalue weighted by Gasteiger charge is 2.23. The standard InChI is InChI=1S/C17H22N6O2/c24-23(25)15-16(18-9-12-22-10-5-2-6-11-22)19-13-20-17(15)21-14-7-3-1-4-8-14/h1,3-4,7-8,13H,2,5-6,9-12H2,(H2,18,19,20,21). The molecule has 132 valence electrons. The van der Waals surface area contributed by atoms with Crippen molar-refractivity contribution in [3.8, 4) is 0 Å². The van der Waals surface area contributed by atoms with Crippen LogP contribution in [0.5, 0.6) is 0 Å². The topological polar surface area (TPSA) is 96.2 Å². The summed E-state index contributed by atoms with van der Waals surface area (Å²) in [5.41, 5.74) is 0.605. The van der Waals surface area contributed by atoms with Gasteiger partial charge in [-0.05, 0) is 38.1 Å². The number of aromatic nitrogens is 2. The van der Waals surface area contributed by atoms with Crippen LogP contribution >= 0.6 is 0 Å². The monoisotopic (exact) mass is 342 g/mol. The van der Waals surface area contributed by atoms with Crippen LogP contribution in [-0.4, -0.2) is 46.0 Å². The summed E-state index contributed by atoms with van der Waals surface area (Å²) < 4.78 is 0. The van der Waals surface area contributed by atoms with Crippen LogP contribution in [0.3, 0.4) is 0 Å². The molecule has 8 heteroatoms. The van der Waals surface area contributed by atoms with Crippen LogP contribution in [0.1, 0.15) is 19.3 Å². The van der Waals surface area contributed by atoms with Gasteiger partial charge in [0.2, 0.25) is 11.6 Å². The van der Waals surface area contributed by atoms with E-state index in [1.807, 2.05) is 30.3 Å². The van der Waals surface area contributed by atoms with Crippen molar-refractivity contribution in [3.63, 3.8) is 0 Å². The average molecular weight is 342 g/mol. The van der Waals surface area contributed by atoms with E-state index in [4.69, 9.17) is 0 Å². The van der Waals surface area contributed by atoms with E-state index in [-0.39, 0.29) is 17.3 Å². The Balaban J connectivity index is 1.70. The van der Waals surface area contributed by atoms with E-state index in [1.54, 1.807) is 0 Å². The molecule has 1 saturated heterocycles. The minimum Gasteiger partial charge on any atom is -0.363 e. The summed E-state index contributed by atoms with van der Waals surface area (Å²) in [6.07, 6.45) is 5.06. The van der Waals surface area contributed by atoms with Crippen molar-refractivity contribution >= 4 is 23.0 Å². The van der Waals surface area contributed by atoms with Crippen LogP contribution < -0.4 is 10.6 Å². The minimum absolute atomic E-state index is 0.134. The fourth-order valence-electron chi connectivity index (χ4n) is 2.95. The number of nitro groups is 1. The fraction of sp³-hybridized carbons (Fsp3) is 0.412. The molecule has 0 spiro atoms. The Kier molecular flexibility index (Phi) is 5.73. The zero-order chi connectivity index (χ0) is 17.5. The van der Waals surface area contributed by atoms with E-state index in [2.05, 4.69) is 25.5 Å². The Hall–Kier alpha value is -2.74. The molecule has 0 atom stereocenters. The van der Waals surface area contributed by atoms with Crippen LogP contribution in [0, 0.1) is 10.1 Å². The molecule has 25 heavy (non-hydrogen) atoms. The molecule has 0 bridgehead atoms. The van der Waals surface area contributed by atoms with Gasteiger partial charge in [-0.25, -0.2) is 9.97 Å². The molecule has 0 unspecified atom stereocenters. The molecule has 2 heterocycles. The van der Waals surface area contributed by atoms with E-state index in [0.29, 0.717) is 6.54 Å². The molecule has 0 amide bonds. The van der Waals surface area contributed by atoms with Gasteiger partial charge in [-0.2, -0.15) is 0 Å². The van der Waals surface area contributed by atoms with Gasteiger partial charge in [0.15, 0.2) is 0 Å². The van der Waals surface area contributed by atoms with Gasteiger partial charge in [-0.15, -0.1) is 0 Å². The molecule has 2 N–H and O–H groups in total. The highest BCUT2D eigenvalue weighted by molar-refractivity contribution is 5.73. The van der Waals surface area contributed by atoms with Crippen molar-refractivity contribution in [2.75, 3.05) is 36.8 Å². The number of piperidine rings is 1. The van der Waals surface area contributed by atoms with Gasteiger partial charge in [-0.1, -0.05) is 24.6 Å². The molecule has 0 saturated carbocycles. The number of rotatable bonds is 7. The second kappa shape index (κ2) is 8.39. The van der Waals surface area contributed by atoms with Crippen LogP contribution in [0.4, 0.5) is 23.0 Å². The van der Waals surface area contributed by atoms with Crippen LogP contribution in [0.15, 0.2) is 36.7 Å². The van der Waals surface area contributed by atoms with Gasteiger partial charge in [0.1, 0.15) is 6.33 Å². The summed E-state index contributed by atoms with van der Waals surface area (Å²) in [6.45, 7) is 3.65. The van der Waals surface area contributed by atoms with Gasteiger partial charge in [0, 0.05) is 18.8 Å². The smallest absolute Gasteiger partial charge is 0.353 e. The molecule has 3 rings (SSSR count). The first-order chi connectivity index (χ1) is 12.2. The third-order valence-electron chi connectivity index (χ3n) is 4.21. The lowest BCUT2D eigenvalue weighted by atomic mass is 10.1. The van der Waals surface area contributed by atoms with Crippen LogP contribution in [0.25, 0.3) is 0 Å². The molecular weight excluding hydrogens is 320 g/mol. The Morgan fingerprint density at radius 2 is 1.80 bits per heavy atom. The van der Waals surface area contributed by atoms with Crippen molar-refractivity contribution in [2.45, 2.75) is 19.3 Å². The van der Waals surface area contributed by atoms with E-state index in [9.17, 15) is 10.1 Å². The summed E-state index contributed by atoms with van der Waals surface area (Å²) >= 11 is 0. The lowest BCUT2D eigenvalue weighted by Gasteiger charge is -2.26. The molecule has 0 aliphatic carbocycles. The molecule has 1 aromatic carbocycles. The molecule has 1 aliphatic heterocycles. The molecular formula is C17H22N6O2.